The Morgan fingerprint density at radius 2 is 2.13 bits per heavy atom. The molecule has 1 fully saturated rings. The Kier molecular flexibility index (Phi) is 4.79. The van der Waals surface area contributed by atoms with Gasteiger partial charge < -0.3 is 9.64 Å². The first-order valence-corrected chi connectivity index (χ1v) is 8.21. The molecule has 0 N–H and O–H groups in total. The average molecular weight is 333 g/mol. The molecule has 3 rings (SSSR count). The van der Waals surface area contributed by atoms with Crippen LogP contribution < -0.4 is 4.90 Å². The summed E-state index contributed by atoms with van der Waals surface area (Å²) in [5, 5.41) is 18.0. The predicted molar refractivity (Wildman–Crippen MR) is 84.7 cm³/mol. The largest absolute Gasteiger partial charge is 0.378 e. The van der Waals surface area contributed by atoms with E-state index in [1.807, 2.05) is 17.7 Å². The first kappa shape index (κ1) is 15.8. The first-order chi connectivity index (χ1) is 11.2. The van der Waals surface area contributed by atoms with Gasteiger partial charge in [-0.25, -0.2) is 4.39 Å². The van der Waals surface area contributed by atoms with Gasteiger partial charge in [0.1, 0.15) is 5.82 Å². The van der Waals surface area contributed by atoms with Crippen molar-refractivity contribution in [2.24, 2.45) is 7.05 Å². The number of thioether (sulfide) groups is 1. The topological polar surface area (TPSA) is 67.0 Å². The molecular weight excluding hydrogens is 317 g/mol. The van der Waals surface area contributed by atoms with Gasteiger partial charge in [-0.05, 0) is 23.8 Å². The number of hydrogen-bond donors (Lipinski definition) is 0. The van der Waals surface area contributed by atoms with Crippen molar-refractivity contribution in [2.45, 2.75) is 10.9 Å². The molecule has 1 saturated heterocycles. The van der Waals surface area contributed by atoms with Crippen LogP contribution in [0.1, 0.15) is 11.1 Å². The lowest BCUT2D eigenvalue weighted by molar-refractivity contribution is 0.121. The fourth-order valence-electron chi connectivity index (χ4n) is 2.37. The first-order valence-electron chi connectivity index (χ1n) is 7.22. The summed E-state index contributed by atoms with van der Waals surface area (Å²) in [5.41, 5.74) is 0.943. The van der Waals surface area contributed by atoms with Gasteiger partial charge in [0.25, 0.3) is 0 Å². The summed E-state index contributed by atoms with van der Waals surface area (Å²) in [6, 6.07) is 6.39. The van der Waals surface area contributed by atoms with E-state index >= 15 is 0 Å². The van der Waals surface area contributed by atoms with E-state index in [4.69, 9.17) is 10.00 Å². The second-order valence-corrected chi connectivity index (χ2v) is 6.09. The highest BCUT2D eigenvalue weighted by molar-refractivity contribution is 7.98. The van der Waals surface area contributed by atoms with Crippen LogP contribution in [0.5, 0.6) is 0 Å². The second-order valence-electron chi connectivity index (χ2n) is 5.15. The average Bonchev–Trinajstić information content (AvgIpc) is 2.96. The van der Waals surface area contributed by atoms with Gasteiger partial charge >= 0.3 is 0 Å². The molecular formula is C15H16FN5OS. The Morgan fingerprint density at radius 1 is 1.35 bits per heavy atom. The molecule has 0 amide bonds. The van der Waals surface area contributed by atoms with Crippen molar-refractivity contribution >= 4 is 17.7 Å². The summed E-state index contributed by atoms with van der Waals surface area (Å²) < 4.78 is 21.1. The highest BCUT2D eigenvalue weighted by Crippen LogP contribution is 2.25. The normalized spacial score (nSPS) is 14.7. The van der Waals surface area contributed by atoms with Crippen LogP contribution >= 0.6 is 11.8 Å². The number of rotatable bonds is 4. The molecule has 0 aliphatic carbocycles. The van der Waals surface area contributed by atoms with Crippen LogP contribution in [0, 0.1) is 17.1 Å². The van der Waals surface area contributed by atoms with Gasteiger partial charge in [-0.15, -0.1) is 10.2 Å². The second kappa shape index (κ2) is 6.98. The Morgan fingerprint density at radius 3 is 2.87 bits per heavy atom. The Hall–Kier alpha value is -2.11. The molecule has 23 heavy (non-hydrogen) atoms. The summed E-state index contributed by atoms with van der Waals surface area (Å²) in [7, 11) is 1.90. The van der Waals surface area contributed by atoms with E-state index in [1.54, 1.807) is 6.07 Å². The van der Waals surface area contributed by atoms with Crippen LogP contribution in [0.25, 0.3) is 0 Å². The standard InChI is InChI=1S/C15H16FN5OS/c1-20-14(21-4-6-22-7-5-21)18-19-15(20)23-10-12-8-11(9-17)2-3-13(12)16/h2-3,8H,4-7,10H2,1H3. The molecule has 2 aromatic rings. The molecule has 0 saturated carbocycles. The van der Waals surface area contributed by atoms with Crippen molar-refractivity contribution in [2.75, 3.05) is 31.2 Å². The van der Waals surface area contributed by atoms with Gasteiger partial charge in [-0.2, -0.15) is 5.26 Å². The van der Waals surface area contributed by atoms with Gasteiger partial charge in [-0.3, -0.25) is 4.57 Å². The van der Waals surface area contributed by atoms with Crippen LogP contribution in [-0.4, -0.2) is 41.1 Å². The lowest BCUT2D eigenvalue weighted by Gasteiger charge is -2.27. The van der Waals surface area contributed by atoms with Crippen LogP contribution in [0.4, 0.5) is 10.3 Å². The number of morpholine rings is 1. The monoisotopic (exact) mass is 333 g/mol. The molecule has 0 unspecified atom stereocenters. The zero-order valence-corrected chi connectivity index (χ0v) is 13.5. The van der Waals surface area contributed by atoms with Crippen molar-refractivity contribution in [3.63, 3.8) is 0 Å². The molecule has 0 bridgehead atoms. The zero-order valence-electron chi connectivity index (χ0n) is 12.7. The van der Waals surface area contributed by atoms with Crippen LogP contribution in [0.15, 0.2) is 23.4 Å². The van der Waals surface area contributed by atoms with E-state index in [2.05, 4.69) is 15.1 Å². The zero-order chi connectivity index (χ0) is 16.2. The molecule has 1 aliphatic heterocycles. The molecule has 8 heteroatoms. The van der Waals surface area contributed by atoms with Gasteiger partial charge in [0, 0.05) is 25.9 Å². The van der Waals surface area contributed by atoms with E-state index in [0.717, 1.165) is 19.0 Å². The SMILES string of the molecule is Cn1c(SCc2cc(C#N)ccc2F)nnc1N1CCOCC1. The maximum Gasteiger partial charge on any atom is 0.227 e. The maximum atomic E-state index is 13.8. The third kappa shape index (κ3) is 3.46. The lowest BCUT2D eigenvalue weighted by atomic mass is 10.1. The minimum absolute atomic E-state index is 0.313. The maximum absolute atomic E-state index is 13.8. The molecule has 0 radical (unpaired) electrons. The lowest BCUT2D eigenvalue weighted by Crippen LogP contribution is -2.37. The number of halogens is 1. The number of aromatic nitrogens is 3. The van der Waals surface area contributed by atoms with E-state index in [1.165, 1.54) is 23.9 Å². The Balaban J connectivity index is 1.72. The van der Waals surface area contributed by atoms with Gasteiger partial charge in [-0.1, -0.05) is 11.8 Å². The minimum atomic E-state index is -0.313. The van der Waals surface area contributed by atoms with E-state index in [-0.39, 0.29) is 5.82 Å². The van der Waals surface area contributed by atoms with Crippen LogP contribution in [0.2, 0.25) is 0 Å². The molecule has 2 heterocycles. The molecule has 0 atom stereocenters. The van der Waals surface area contributed by atoms with Crippen molar-refractivity contribution in [3.05, 3.63) is 35.1 Å². The molecule has 120 valence electrons. The molecule has 1 aliphatic rings. The number of hydrogen-bond acceptors (Lipinski definition) is 6. The van der Waals surface area contributed by atoms with Crippen molar-refractivity contribution in [3.8, 4) is 6.07 Å². The molecule has 1 aromatic heterocycles. The summed E-state index contributed by atoms with van der Waals surface area (Å²) in [6.07, 6.45) is 0. The summed E-state index contributed by atoms with van der Waals surface area (Å²) in [5.74, 6) is 0.880. The highest BCUT2D eigenvalue weighted by Gasteiger charge is 2.18. The number of benzene rings is 1. The molecule has 0 spiro atoms. The van der Waals surface area contributed by atoms with E-state index in [9.17, 15) is 4.39 Å². The number of anilines is 1. The third-order valence-electron chi connectivity index (χ3n) is 3.64. The predicted octanol–water partition coefficient (Wildman–Crippen LogP) is 1.95. The van der Waals surface area contributed by atoms with E-state index < -0.39 is 0 Å². The van der Waals surface area contributed by atoms with Gasteiger partial charge in [0.2, 0.25) is 5.95 Å². The third-order valence-corrected chi connectivity index (χ3v) is 4.71. The summed E-state index contributed by atoms with van der Waals surface area (Å²) in [4.78, 5) is 2.12. The highest BCUT2D eigenvalue weighted by atomic mass is 32.2. The summed E-state index contributed by atoms with van der Waals surface area (Å²) >= 11 is 1.40. The summed E-state index contributed by atoms with van der Waals surface area (Å²) in [6.45, 7) is 2.94. The smallest absolute Gasteiger partial charge is 0.227 e. The molecule has 6 nitrogen and oxygen atoms in total. The number of nitriles is 1. The fourth-order valence-corrected chi connectivity index (χ4v) is 3.25. The fraction of sp³-hybridized carbons (Fsp3) is 0.400. The van der Waals surface area contributed by atoms with Crippen molar-refractivity contribution in [1.29, 1.82) is 5.26 Å². The van der Waals surface area contributed by atoms with Gasteiger partial charge in [0.15, 0.2) is 5.16 Å². The Labute approximate surface area is 137 Å². The number of ether oxygens (including phenoxy) is 1. The van der Waals surface area contributed by atoms with Crippen molar-refractivity contribution in [1.82, 2.24) is 14.8 Å². The quantitative estimate of drug-likeness (QED) is 0.797. The van der Waals surface area contributed by atoms with Gasteiger partial charge in [0.05, 0.1) is 24.8 Å². The van der Waals surface area contributed by atoms with Crippen LogP contribution in [-0.2, 0) is 17.5 Å². The number of nitrogens with zero attached hydrogens (tertiary/aromatic N) is 5. The molecule has 1 aromatic carbocycles. The minimum Gasteiger partial charge on any atom is -0.378 e. The Bertz CT molecular complexity index is 736. The van der Waals surface area contributed by atoms with E-state index in [0.29, 0.717) is 35.2 Å². The van der Waals surface area contributed by atoms with Crippen molar-refractivity contribution < 1.29 is 9.13 Å². The van der Waals surface area contributed by atoms with Crippen LogP contribution in [0.3, 0.4) is 0 Å².